The Morgan fingerprint density at radius 3 is 3.06 bits per heavy atom. The number of aryl methyl sites for hydroxylation is 1. The van der Waals surface area contributed by atoms with Gasteiger partial charge in [-0.25, -0.2) is 9.37 Å². The third-order valence-corrected chi connectivity index (χ3v) is 4.44. The van der Waals surface area contributed by atoms with Crippen LogP contribution in [-0.2, 0) is 6.42 Å². The largest absolute Gasteiger partial charge is 0.337 e. The summed E-state index contributed by atoms with van der Waals surface area (Å²) < 4.78 is 13.9. The van der Waals surface area contributed by atoms with Gasteiger partial charge in [-0.3, -0.25) is 0 Å². The zero-order chi connectivity index (χ0) is 12.7. The molecule has 0 atom stereocenters. The van der Waals surface area contributed by atoms with Crippen molar-refractivity contribution in [3.63, 3.8) is 0 Å². The van der Waals surface area contributed by atoms with Gasteiger partial charge < -0.3 is 4.98 Å². The maximum absolute atomic E-state index is 13.5. The van der Waals surface area contributed by atoms with Crippen molar-refractivity contribution in [3.05, 3.63) is 39.4 Å². The fraction of sp³-hybridized carbons (Fsp3) is 0.154. The van der Waals surface area contributed by atoms with Crippen LogP contribution >= 0.6 is 27.3 Å². The molecule has 5 heteroatoms. The molecule has 0 fully saturated rings. The lowest BCUT2D eigenvalue weighted by atomic mass is 10.2. The third-order valence-electron chi connectivity index (χ3n) is 2.87. The second-order valence-electron chi connectivity index (χ2n) is 4.00. The number of hydrogen-bond donors (Lipinski definition) is 1. The second kappa shape index (κ2) is 4.48. The van der Waals surface area contributed by atoms with Crippen LogP contribution in [0.15, 0.2) is 28.1 Å². The van der Waals surface area contributed by atoms with Gasteiger partial charge in [0.05, 0.1) is 20.4 Å². The molecule has 0 saturated heterocycles. The first kappa shape index (κ1) is 11.9. The topological polar surface area (TPSA) is 28.7 Å². The minimum Gasteiger partial charge on any atom is -0.337 e. The maximum Gasteiger partial charge on any atom is 0.148 e. The van der Waals surface area contributed by atoms with Crippen LogP contribution in [0, 0.1) is 5.82 Å². The summed E-state index contributed by atoms with van der Waals surface area (Å²) in [5.41, 5.74) is 2.76. The molecular formula is C13H10BrFN2S. The lowest BCUT2D eigenvalue weighted by molar-refractivity contribution is 0.623. The highest BCUT2D eigenvalue weighted by Gasteiger charge is 2.12. The Morgan fingerprint density at radius 2 is 2.28 bits per heavy atom. The van der Waals surface area contributed by atoms with Gasteiger partial charge in [-0.1, -0.05) is 6.92 Å². The molecular weight excluding hydrogens is 315 g/mol. The molecule has 3 rings (SSSR count). The number of H-pyrrole nitrogens is 1. The summed E-state index contributed by atoms with van der Waals surface area (Å²) in [5.74, 6) is 0.536. The van der Waals surface area contributed by atoms with Gasteiger partial charge in [0.1, 0.15) is 11.6 Å². The van der Waals surface area contributed by atoms with Crippen molar-refractivity contribution in [1.29, 1.82) is 0 Å². The van der Waals surface area contributed by atoms with Crippen LogP contribution in [-0.4, -0.2) is 9.97 Å². The van der Waals surface area contributed by atoms with Crippen LogP contribution < -0.4 is 0 Å². The minimum atomic E-state index is -0.278. The first-order chi connectivity index (χ1) is 8.69. The van der Waals surface area contributed by atoms with Gasteiger partial charge in [-0.15, -0.1) is 11.3 Å². The van der Waals surface area contributed by atoms with Crippen molar-refractivity contribution in [3.8, 4) is 10.7 Å². The highest BCUT2D eigenvalue weighted by Crippen LogP contribution is 2.30. The van der Waals surface area contributed by atoms with Crippen molar-refractivity contribution >= 4 is 38.3 Å². The van der Waals surface area contributed by atoms with E-state index >= 15 is 0 Å². The Balaban J connectivity index is 2.19. The summed E-state index contributed by atoms with van der Waals surface area (Å²) in [7, 11) is 0. The summed E-state index contributed by atoms with van der Waals surface area (Å²) in [6.07, 6.45) is 0.966. The number of nitrogens with one attached hydrogen (secondary N) is 1. The average molecular weight is 325 g/mol. The number of thiophene rings is 1. The molecule has 2 nitrogen and oxygen atoms in total. The Bertz CT molecular complexity index is 678. The molecule has 1 N–H and O–H groups in total. The molecule has 0 aliphatic heterocycles. The summed E-state index contributed by atoms with van der Waals surface area (Å²) >= 11 is 4.83. The molecule has 0 spiro atoms. The van der Waals surface area contributed by atoms with Gasteiger partial charge in [0, 0.05) is 6.07 Å². The lowest BCUT2D eigenvalue weighted by Crippen LogP contribution is -1.82. The SMILES string of the molecule is CCc1ccsc1-c1nc2cc(Br)c(F)cc2[nH]1. The predicted octanol–water partition coefficient (Wildman–Crippen LogP) is 4.76. The number of nitrogens with zero attached hydrogens (tertiary/aromatic N) is 1. The van der Waals surface area contributed by atoms with Crippen molar-refractivity contribution < 1.29 is 4.39 Å². The van der Waals surface area contributed by atoms with E-state index in [0.29, 0.717) is 4.47 Å². The Kier molecular flexibility index (Phi) is 2.95. The first-order valence-corrected chi connectivity index (χ1v) is 7.28. The van der Waals surface area contributed by atoms with Gasteiger partial charge >= 0.3 is 0 Å². The number of aromatic nitrogens is 2. The van der Waals surface area contributed by atoms with Crippen LogP contribution in [0.25, 0.3) is 21.7 Å². The Hall–Kier alpha value is -1.20. The molecule has 1 aromatic carbocycles. The summed E-state index contributed by atoms with van der Waals surface area (Å²) in [4.78, 5) is 8.83. The normalized spacial score (nSPS) is 11.3. The number of hydrogen-bond acceptors (Lipinski definition) is 2. The predicted molar refractivity (Wildman–Crippen MR) is 76.4 cm³/mol. The van der Waals surface area contributed by atoms with Crippen LogP contribution in [0.2, 0.25) is 0 Å². The van der Waals surface area contributed by atoms with E-state index in [-0.39, 0.29) is 5.82 Å². The summed E-state index contributed by atoms with van der Waals surface area (Å²) in [5, 5.41) is 2.05. The smallest absolute Gasteiger partial charge is 0.148 e. The van der Waals surface area contributed by atoms with E-state index in [1.54, 1.807) is 17.4 Å². The van der Waals surface area contributed by atoms with Gasteiger partial charge in [-0.05, 0) is 45.4 Å². The molecule has 0 amide bonds. The van der Waals surface area contributed by atoms with E-state index in [4.69, 9.17) is 0 Å². The van der Waals surface area contributed by atoms with Gasteiger partial charge in [0.15, 0.2) is 0 Å². The van der Waals surface area contributed by atoms with Crippen LogP contribution in [0.5, 0.6) is 0 Å². The molecule has 0 saturated carbocycles. The van der Waals surface area contributed by atoms with Crippen LogP contribution in [0.1, 0.15) is 12.5 Å². The molecule has 2 heterocycles. The Labute approximate surface area is 116 Å². The number of fused-ring (bicyclic) bond motifs is 1. The molecule has 0 aliphatic carbocycles. The van der Waals surface area contributed by atoms with E-state index in [2.05, 4.69) is 44.3 Å². The van der Waals surface area contributed by atoms with Gasteiger partial charge in [0.25, 0.3) is 0 Å². The molecule has 92 valence electrons. The highest BCUT2D eigenvalue weighted by atomic mass is 79.9. The third kappa shape index (κ3) is 1.87. The number of rotatable bonds is 2. The number of aromatic amines is 1. The minimum absolute atomic E-state index is 0.278. The molecule has 0 bridgehead atoms. The fourth-order valence-corrected chi connectivity index (χ4v) is 3.21. The summed E-state index contributed by atoms with van der Waals surface area (Å²) in [6, 6.07) is 5.27. The van der Waals surface area contributed by atoms with E-state index in [9.17, 15) is 4.39 Å². The van der Waals surface area contributed by atoms with E-state index in [1.807, 2.05) is 0 Å². The molecule has 18 heavy (non-hydrogen) atoms. The van der Waals surface area contributed by atoms with Crippen molar-refractivity contribution in [1.82, 2.24) is 9.97 Å². The van der Waals surface area contributed by atoms with Crippen molar-refractivity contribution in [2.75, 3.05) is 0 Å². The fourth-order valence-electron chi connectivity index (χ4n) is 1.93. The van der Waals surface area contributed by atoms with Gasteiger partial charge in [0.2, 0.25) is 0 Å². The number of halogens is 2. The van der Waals surface area contributed by atoms with E-state index in [0.717, 1.165) is 28.2 Å². The number of imidazole rings is 1. The van der Waals surface area contributed by atoms with Crippen LogP contribution in [0.3, 0.4) is 0 Å². The van der Waals surface area contributed by atoms with Crippen molar-refractivity contribution in [2.24, 2.45) is 0 Å². The van der Waals surface area contributed by atoms with E-state index in [1.165, 1.54) is 11.6 Å². The monoisotopic (exact) mass is 324 g/mol. The average Bonchev–Trinajstić information content (AvgIpc) is 2.95. The molecule has 0 unspecified atom stereocenters. The Morgan fingerprint density at radius 1 is 1.44 bits per heavy atom. The summed E-state index contributed by atoms with van der Waals surface area (Å²) in [6.45, 7) is 2.12. The quantitative estimate of drug-likeness (QED) is 0.723. The molecule has 0 aliphatic rings. The molecule has 2 aromatic heterocycles. The maximum atomic E-state index is 13.5. The highest BCUT2D eigenvalue weighted by molar-refractivity contribution is 9.10. The van der Waals surface area contributed by atoms with Gasteiger partial charge in [-0.2, -0.15) is 0 Å². The second-order valence-corrected chi connectivity index (χ2v) is 5.77. The lowest BCUT2D eigenvalue weighted by Gasteiger charge is -1.95. The van der Waals surface area contributed by atoms with E-state index < -0.39 is 0 Å². The zero-order valence-corrected chi connectivity index (χ0v) is 12.0. The number of benzene rings is 1. The standard InChI is InChI=1S/C13H10BrFN2S/c1-2-7-3-4-18-12(7)13-16-10-5-8(14)9(15)6-11(10)17-13/h3-6H,2H2,1H3,(H,16,17). The first-order valence-electron chi connectivity index (χ1n) is 5.60. The van der Waals surface area contributed by atoms with Crippen molar-refractivity contribution in [2.45, 2.75) is 13.3 Å². The molecule has 3 aromatic rings. The molecule has 0 radical (unpaired) electrons. The zero-order valence-electron chi connectivity index (χ0n) is 9.63. The van der Waals surface area contributed by atoms with Crippen LogP contribution in [0.4, 0.5) is 4.39 Å².